The molecule has 86 valence electrons. The van der Waals surface area contributed by atoms with Crippen molar-refractivity contribution in [3.8, 4) is 0 Å². The van der Waals surface area contributed by atoms with E-state index in [0.717, 1.165) is 50.0 Å². The number of hydrogen-bond acceptors (Lipinski definition) is 4. The maximum absolute atomic E-state index is 11.8. The van der Waals surface area contributed by atoms with Crippen LogP contribution in [0, 0.1) is 0 Å². The minimum Gasteiger partial charge on any atom is -0.341 e. The van der Waals surface area contributed by atoms with Crippen LogP contribution in [0.1, 0.15) is 24.1 Å². The number of aromatic nitrogens is 2. The molecule has 3 N–H and O–H groups in total. The van der Waals surface area contributed by atoms with E-state index in [1.807, 2.05) is 0 Å². The Balaban J connectivity index is 1.97. The van der Waals surface area contributed by atoms with Gasteiger partial charge in [-0.05, 0) is 25.7 Å². The normalized spacial score (nSPS) is 23.8. The fourth-order valence-electron chi connectivity index (χ4n) is 2.56. The van der Waals surface area contributed by atoms with Gasteiger partial charge in [-0.3, -0.25) is 9.78 Å². The zero-order chi connectivity index (χ0) is 11.1. The van der Waals surface area contributed by atoms with Crippen LogP contribution in [0.4, 0.5) is 5.95 Å². The van der Waals surface area contributed by atoms with Crippen LogP contribution in [0.15, 0.2) is 4.79 Å². The number of nitrogens with one attached hydrogen (secondary N) is 1. The number of anilines is 1. The van der Waals surface area contributed by atoms with Crippen LogP contribution in [0.25, 0.3) is 0 Å². The summed E-state index contributed by atoms with van der Waals surface area (Å²) in [7, 11) is 0. The lowest BCUT2D eigenvalue weighted by Gasteiger charge is -2.16. The summed E-state index contributed by atoms with van der Waals surface area (Å²) in [5.74, 6) is 0.707. The molecular weight excluding hydrogens is 204 g/mol. The molecule has 5 heteroatoms. The van der Waals surface area contributed by atoms with Crippen molar-refractivity contribution in [2.45, 2.75) is 31.7 Å². The SMILES string of the molecule is NC1CCN(c2nc3c(c(=O)[nH]2)CCC3)C1. The van der Waals surface area contributed by atoms with Crippen molar-refractivity contribution in [2.75, 3.05) is 18.0 Å². The van der Waals surface area contributed by atoms with E-state index in [-0.39, 0.29) is 11.6 Å². The fourth-order valence-corrected chi connectivity index (χ4v) is 2.56. The van der Waals surface area contributed by atoms with Gasteiger partial charge in [0.05, 0.1) is 5.69 Å². The van der Waals surface area contributed by atoms with E-state index in [4.69, 9.17) is 5.73 Å². The van der Waals surface area contributed by atoms with E-state index in [1.54, 1.807) is 0 Å². The van der Waals surface area contributed by atoms with Gasteiger partial charge >= 0.3 is 0 Å². The molecule has 1 unspecified atom stereocenters. The smallest absolute Gasteiger partial charge is 0.255 e. The molecule has 16 heavy (non-hydrogen) atoms. The zero-order valence-electron chi connectivity index (χ0n) is 9.20. The average Bonchev–Trinajstić information content (AvgIpc) is 2.85. The van der Waals surface area contributed by atoms with Crippen molar-refractivity contribution < 1.29 is 0 Å². The summed E-state index contributed by atoms with van der Waals surface area (Å²) in [6.07, 6.45) is 3.83. The summed E-state index contributed by atoms with van der Waals surface area (Å²) in [4.78, 5) is 21.3. The molecule has 1 aromatic rings. The van der Waals surface area contributed by atoms with E-state index < -0.39 is 0 Å². The number of H-pyrrole nitrogens is 1. The van der Waals surface area contributed by atoms with Gasteiger partial charge in [-0.2, -0.15) is 0 Å². The van der Waals surface area contributed by atoms with Gasteiger partial charge in [0.2, 0.25) is 5.95 Å². The summed E-state index contributed by atoms with van der Waals surface area (Å²) >= 11 is 0. The molecule has 1 aliphatic heterocycles. The molecule has 0 radical (unpaired) electrons. The summed E-state index contributed by atoms with van der Waals surface area (Å²) in [6.45, 7) is 1.69. The number of nitrogens with two attached hydrogens (primary N) is 1. The minimum atomic E-state index is 0.0398. The Bertz CT molecular complexity index is 468. The van der Waals surface area contributed by atoms with Gasteiger partial charge in [-0.25, -0.2) is 4.98 Å². The van der Waals surface area contributed by atoms with Gasteiger partial charge in [-0.15, -0.1) is 0 Å². The maximum Gasteiger partial charge on any atom is 0.255 e. The number of hydrogen-bond donors (Lipinski definition) is 2. The highest BCUT2D eigenvalue weighted by Gasteiger charge is 2.24. The Hall–Kier alpha value is -1.36. The third kappa shape index (κ3) is 1.51. The molecule has 5 nitrogen and oxygen atoms in total. The quantitative estimate of drug-likeness (QED) is 0.687. The first kappa shape index (κ1) is 9.84. The first-order chi connectivity index (χ1) is 7.74. The third-order valence-electron chi connectivity index (χ3n) is 3.45. The van der Waals surface area contributed by atoms with Gasteiger partial charge in [0.25, 0.3) is 5.56 Å². The van der Waals surface area contributed by atoms with E-state index >= 15 is 0 Å². The summed E-state index contributed by atoms with van der Waals surface area (Å²) in [5.41, 5.74) is 7.76. The van der Waals surface area contributed by atoms with Crippen molar-refractivity contribution in [3.63, 3.8) is 0 Å². The lowest BCUT2D eigenvalue weighted by atomic mass is 10.3. The molecule has 0 amide bonds. The first-order valence-corrected chi connectivity index (χ1v) is 5.86. The Morgan fingerprint density at radius 1 is 1.44 bits per heavy atom. The molecule has 1 aliphatic carbocycles. The van der Waals surface area contributed by atoms with E-state index in [1.165, 1.54) is 0 Å². The highest BCUT2D eigenvalue weighted by atomic mass is 16.1. The summed E-state index contributed by atoms with van der Waals surface area (Å²) in [6, 6.07) is 0.207. The van der Waals surface area contributed by atoms with Gasteiger partial charge in [0.1, 0.15) is 0 Å². The lowest BCUT2D eigenvalue weighted by Crippen LogP contribution is -2.30. The highest BCUT2D eigenvalue weighted by molar-refractivity contribution is 5.36. The van der Waals surface area contributed by atoms with E-state index in [2.05, 4.69) is 14.9 Å². The molecule has 0 spiro atoms. The molecule has 1 atom stereocenters. The van der Waals surface area contributed by atoms with Crippen LogP contribution in [0.5, 0.6) is 0 Å². The van der Waals surface area contributed by atoms with Gasteiger partial charge in [0.15, 0.2) is 0 Å². The predicted molar refractivity (Wildman–Crippen MR) is 61.7 cm³/mol. The zero-order valence-corrected chi connectivity index (χ0v) is 9.20. The number of fused-ring (bicyclic) bond motifs is 1. The molecular formula is C11H16N4O. The van der Waals surface area contributed by atoms with Crippen LogP contribution in [0.2, 0.25) is 0 Å². The van der Waals surface area contributed by atoms with Gasteiger partial charge in [-0.1, -0.05) is 0 Å². The topological polar surface area (TPSA) is 75.0 Å². The number of rotatable bonds is 1. The van der Waals surface area contributed by atoms with Crippen LogP contribution >= 0.6 is 0 Å². The Morgan fingerprint density at radius 3 is 3.06 bits per heavy atom. The van der Waals surface area contributed by atoms with Crippen molar-refractivity contribution in [1.82, 2.24) is 9.97 Å². The molecule has 2 heterocycles. The molecule has 1 aromatic heterocycles. The monoisotopic (exact) mass is 220 g/mol. The van der Waals surface area contributed by atoms with Crippen LogP contribution in [0.3, 0.4) is 0 Å². The summed E-state index contributed by atoms with van der Waals surface area (Å²) in [5, 5.41) is 0. The highest BCUT2D eigenvalue weighted by Crippen LogP contribution is 2.20. The summed E-state index contributed by atoms with van der Waals surface area (Å²) < 4.78 is 0. The van der Waals surface area contributed by atoms with E-state index in [9.17, 15) is 4.79 Å². The van der Waals surface area contributed by atoms with Gasteiger partial charge < -0.3 is 10.6 Å². The van der Waals surface area contributed by atoms with Crippen molar-refractivity contribution in [2.24, 2.45) is 5.73 Å². The van der Waals surface area contributed by atoms with E-state index in [0.29, 0.717) is 5.95 Å². The van der Waals surface area contributed by atoms with Crippen molar-refractivity contribution in [1.29, 1.82) is 0 Å². The van der Waals surface area contributed by atoms with Crippen molar-refractivity contribution in [3.05, 3.63) is 21.6 Å². The number of nitrogens with zero attached hydrogens (tertiary/aromatic N) is 2. The second-order valence-corrected chi connectivity index (χ2v) is 4.66. The Morgan fingerprint density at radius 2 is 2.31 bits per heavy atom. The largest absolute Gasteiger partial charge is 0.341 e. The van der Waals surface area contributed by atoms with Crippen molar-refractivity contribution >= 4 is 5.95 Å². The number of aryl methyl sites for hydroxylation is 1. The Kier molecular flexibility index (Phi) is 2.21. The molecule has 1 saturated heterocycles. The number of aromatic amines is 1. The lowest BCUT2D eigenvalue weighted by molar-refractivity contribution is 0.749. The molecule has 1 fully saturated rings. The fraction of sp³-hybridized carbons (Fsp3) is 0.636. The first-order valence-electron chi connectivity index (χ1n) is 5.86. The molecule has 3 rings (SSSR count). The minimum absolute atomic E-state index is 0.0398. The second kappa shape index (κ2) is 3.59. The second-order valence-electron chi connectivity index (χ2n) is 4.66. The Labute approximate surface area is 93.7 Å². The predicted octanol–water partition coefficient (Wildman–Crippen LogP) is -0.204. The average molecular weight is 220 g/mol. The standard InChI is InChI=1S/C11H16N4O/c12-7-4-5-15(6-7)11-13-9-3-1-2-8(9)10(16)14-11/h7H,1-6,12H2,(H,13,14,16). The van der Waals surface area contributed by atoms with Crippen LogP contribution in [-0.2, 0) is 12.8 Å². The maximum atomic E-state index is 11.8. The molecule has 2 aliphatic rings. The third-order valence-corrected chi connectivity index (χ3v) is 3.45. The van der Waals surface area contributed by atoms with Crippen LogP contribution < -0.4 is 16.2 Å². The molecule has 0 aromatic carbocycles. The molecule has 0 bridgehead atoms. The molecule has 0 saturated carbocycles. The van der Waals surface area contributed by atoms with Gasteiger partial charge in [0, 0.05) is 24.7 Å². The van der Waals surface area contributed by atoms with Crippen LogP contribution in [-0.4, -0.2) is 29.1 Å².